The van der Waals surface area contributed by atoms with Crippen LogP contribution in [0.4, 0.5) is 0 Å². The highest BCUT2D eigenvalue weighted by atomic mass is 16.6. The van der Waals surface area contributed by atoms with Crippen molar-refractivity contribution in [2.24, 2.45) is 0 Å². The van der Waals surface area contributed by atoms with Gasteiger partial charge in [-0.3, -0.25) is 4.79 Å². The Bertz CT molecular complexity index is 426. The molecule has 1 atom stereocenters. The quantitative estimate of drug-likeness (QED) is 0.547. The summed E-state index contributed by atoms with van der Waals surface area (Å²) in [6, 6.07) is 4.75. The molecule has 1 aromatic carbocycles. The second kappa shape index (κ2) is 4.22. The minimum absolute atomic E-state index is 0.0853. The SMILES string of the molecule is COC(=O)C1COc2cc(C=O)ccc2O1. The van der Waals surface area contributed by atoms with E-state index in [2.05, 4.69) is 4.74 Å². The fourth-order valence-corrected chi connectivity index (χ4v) is 1.41. The molecule has 0 amide bonds. The fourth-order valence-electron chi connectivity index (χ4n) is 1.41. The molecule has 0 N–H and O–H groups in total. The summed E-state index contributed by atoms with van der Waals surface area (Å²) < 4.78 is 15.2. The Hall–Kier alpha value is -2.04. The number of methoxy groups -OCH3 is 1. The molecule has 16 heavy (non-hydrogen) atoms. The molecule has 0 bridgehead atoms. The molecule has 0 spiro atoms. The topological polar surface area (TPSA) is 61.8 Å². The van der Waals surface area contributed by atoms with Crippen LogP contribution in [0.3, 0.4) is 0 Å². The Labute approximate surface area is 91.9 Å². The van der Waals surface area contributed by atoms with E-state index in [0.717, 1.165) is 6.29 Å². The minimum Gasteiger partial charge on any atom is -0.485 e. The van der Waals surface area contributed by atoms with Crippen LogP contribution in [0.2, 0.25) is 0 Å². The summed E-state index contributed by atoms with van der Waals surface area (Å²) in [7, 11) is 1.29. The molecule has 1 aromatic rings. The number of esters is 1. The molecular weight excluding hydrogens is 212 g/mol. The summed E-state index contributed by atoms with van der Waals surface area (Å²) in [5, 5.41) is 0. The van der Waals surface area contributed by atoms with Gasteiger partial charge in [-0.15, -0.1) is 0 Å². The molecule has 0 saturated heterocycles. The number of carbonyl (C=O) groups is 2. The zero-order valence-corrected chi connectivity index (χ0v) is 8.64. The van der Waals surface area contributed by atoms with Gasteiger partial charge in [-0.2, -0.15) is 0 Å². The lowest BCUT2D eigenvalue weighted by molar-refractivity contribution is -0.151. The van der Waals surface area contributed by atoms with Crippen LogP contribution in [-0.4, -0.2) is 32.1 Å². The molecule has 0 aliphatic carbocycles. The van der Waals surface area contributed by atoms with Crippen molar-refractivity contribution in [3.63, 3.8) is 0 Å². The number of fused-ring (bicyclic) bond motifs is 1. The van der Waals surface area contributed by atoms with Gasteiger partial charge in [0.2, 0.25) is 6.10 Å². The molecular formula is C11H10O5. The highest BCUT2D eigenvalue weighted by molar-refractivity contribution is 5.78. The summed E-state index contributed by atoms with van der Waals surface area (Å²) in [6.07, 6.45) is -0.0321. The second-order valence-electron chi connectivity index (χ2n) is 3.26. The predicted molar refractivity (Wildman–Crippen MR) is 53.8 cm³/mol. The third-order valence-corrected chi connectivity index (χ3v) is 2.23. The van der Waals surface area contributed by atoms with Gasteiger partial charge in [-0.05, 0) is 18.2 Å². The van der Waals surface area contributed by atoms with Crippen molar-refractivity contribution in [2.75, 3.05) is 13.7 Å². The summed E-state index contributed by atoms with van der Waals surface area (Å²) in [6.45, 7) is 0.0853. The summed E-state index contributed by atoms with van der Waals surface area (Å²) in [4.78, 5) is 21.8. The van der Waals surface area contributed by atoms with Crippen LogP contribution in [0.5, 0.6) is 11.5 Å². The van der Waals surface area contributed by atoms with Gasteiger partial charge in [0.25, 0.3) is 0 Å². The van der Waals surface area contributed by atoms with Crippen LogP contribution in [0.1, 0.15) is 10.4 Å². The standard InChI is InChI=1S/C11H10O5/c1-14-11(13)10-6-15-9-4-7(5-12)2-3-8(9)16-10/h2-5,10H,6H2,1H3. The normalized spacial score (nSPS) is 17.7. The molecule has 1 unspecified atom stereocenters. The van der Waals surface area contributed by atoms with Crippen molar-refractivity contribution in [2.45, 2.75) is 6.10 Å². The maximum Gasteiger partial charge on any atom is 0.350 e. The Morgan fingerprint density at radius 1 is 1.50 bits per heavy atom. The van der Waals surface area contributed by atoms with E-state index in [0.29, 0.717) is 17.1 Å². The summed E-state index contributed by atoms with van der Waals surface area (Å²) in [5.41, 5.74) is 0.499. The molecule has 0 fully saturated rings. The van der Waals surface area contributed by atoms with Crippen molar-refractivity contribution < 1.29 is 23.8 Å². The number of ether oxygens (including phenoxy) is 3. The van der Waals surface area contributed by atoms with E-state index >= 15 is 0 Å². The van der Waals surface area contributed by atoms with Crippen LogP contribution < -0.4 is 9.47 Å². The number of benzene rings is 1. The van der Waals surface area contributed by atoms with Gasteiger partial charge in [-0.25, -0.2) is 4.79 Å². The third kappa shape index (κ3) is 1.84. The molecule has 1 heterocycles. The van der Waals surface area contributed by atoms with Crippen LogP contribution in [0, 0.1) is 0 Å². The zero-order chi connectivity index (χ0) is 11.5. The van der Waals surface area contributed by atoms with Gasteiger partial charge >= 0.3 is 5.97 Å². The first-order valence-corrected chi connectivity index (χ1v) is 4.71. The fraction of sp³-hybridized carbons (Fsp3) is 0.273. The van der Waals surface area contributed by atoms with Gasteiger partial charge < -0.3 is 14.2 Å². The number of rotatable bonds is 2. The molecule has 5 nitrogen and oxygen atoms in total. The average Bonchev–Trinajstić information content (AvgIpc) is 2.36. The lowest BCUT2D eigenvalue weighted by Crippen LogP contribution is -2.37. The number of carbonyl (C=O) groups excluding carboxylic acids is 2. The van der Waals surface area contributed by atoms with Crippen molar-refractivity contribution in [1.82, 2.24) is 0 Å². The maximum atomic E-state index is 11.2. The number of aldehydes is 1. The Morgan fingerprint density at radius 2 is 2.31 bits per heavy atom. The van der Waals surface area contributed by atoms with Crippen molar-refractivity contribution >= 4 is 12.3 Å². The Balaban J connectivity index is 2.21. The first kappa shape index (κ1) is 10.5. The lowest BCUT2D eigenvalue weighted by atomic mass is 10.2. The van der Waals surface area contributed by atoms with E-state index in [9.17, 15) is 9.59 Å². The zero-order valence-electron chi connectivity index (χ0n) is 8.64. The van der Waals surface area contributed by atoms with E-state index in [1.807, 2.05) is 0 Å². The van der Waals surface area contributed by atoms with Crippen molar-refractivity contribution in [3.05, 3.63) is 23.8 Å². The summed E-state index contributed by atoms with van der Waals surface area (Å²) in [5.74, 6) is 0.419. The second-order valence-corrected chi connectivity index (χ2v) is 3.26. The number of hydrogen-bond donors (Lipinski definition) is 0. The van der Waals surface area contributed by atoms with Crippen LogP contribution in [0.25, 0.3) is 0 Å². The third-order valence-electron chi connectivity index (χ3n) is 2.23. The van der Waals surface area contributed by atoms with Crippen LogP contribution >= 0.6 is 0 Å². The van der Waals surface area contributed by atoms with Crippen molar-refractivity contribution in [3.8, 4) is 11.5 Å². The lowest BCUT2D eigenvalue weighted by Gasteiger charge is -2.24. The highest BCUT2D eigenvalue weighted by Gasteiger charge is 2.28. The van der Waals surface area contributed by atoms with E-state index in [4.69, 9.17) is 9.47 Å². The average molecular weight is 222 g/mol. The number of hydrogen-bond acceptors (Lipinski definition) is 5. The van der Waals surface area contributed by atoms with Crippen molar-refractivity contribution in [1.29, 1.82) is 0 Å². The van der Waals surface area contributed by atoms with E-state index in [1.54, 1.807) is 18.2 Å². The van der Waals surface area contributed by atoms with Gasteiger partial charge in [0, 0.05) is 5.56 Å². The van der Waals surface area contributed by atoms with E-state index in [-0.39, 0.29) is 6.61 Å². The smallest absolute Gasteiger partial charge is 0.350 e. The van der Waals surface area contributed by atoms with E-state index < -0.39 is 12.1 Å². The molecule has 5 heteroatoms. The molecule has 0 saturated carbocycles. The monoisotopic (exact) mass is 222 g/mol. The van der Waals surface area contributed by atoms with E-state index in [1.165, 1.54) is 7.11 Å². The van der Waals surface area contributed by atoms with Crippen LogP contribution in [0.15, 0.2) is 18.2 Å². The molecule has 0 aromatic heterocycles. The largest absolute Gasteiger partial charge is 0.485 e. The highest BCUT2D eigenvalue weighted by Crippen LogP contribution is 2.32. The first-order valence-electron chi connectivity index (χ1n) is 4.71. The van der Waals surface area contributed by atoms with Gasteiger partial charge in [0.15, 0.2) is 11.5 Å². The first-order chi connectivity index (χ1) is 7.74. The molecule has 0 radical (unpaired) electrons. The van der Waals surface area contributed by atoms with Gasteiger partial charge in [0.1, 0.15) is 12.9 Å². The Morgan fingerprint density at radius 3 is 3.00 bits per heavy atom. The van der Waals surface area contributed by atoms with Gasteiger partial charge in [0.05, 0.1) is 7.11 Å². The molecule has 84 valence electrons. The maximum absolute atomic E-state index is 11.2. The molecule has 2 rings (SSSR count). The molecule has 1 aliphatic heterocycles. The Kier molecular flexibility index (Phi) is 2.76. The summed E-state index contributed by atoms with van der Waals surface area (Å²) >= 11 is 0. The molecule has 1 aliphatic rings. The van der Waals surface area contributed by atoms with Gasteiger partial charge in [-0.1, -0.05) is 0 Å². The van der Waals surface area contributed by atoms with Crippen LogP contribution in [-0.2, 0) is 9.53 Å². The predicted octanol–water partition coefficient (Wildman–Crippen LogP) is 0.812. The minimum atomic E-state index is -0.750.